The summed E-state index contributed by atoms with van der Waals surface area (Å²) < 4.78 is 29.9. The molecule has 4 rings (SSSR count). The van der Waals surface area contributed by atoms with Crippen LogP contribution in [-0.2, 0) is 14.8 Å². The van der Waals surface area contributed by atoms with Crippen LogP contribution in [-0.4, -0.2) is 49.8 Å². The topological polar surface area (TPSA) is 122 Å². The third-order valence-electron chi connectivity index (χ3n) is 6.86. The van der Waals surface area contributed by atoms with Gasteiger partial charge in [-0.2, -0.15) is 0 Å². The van der Waals surface area contributed by atoms with Crippen molar-refractivity contribution in [3.8, 4) is 0 Å². The van der Waals surface area contributed by atoms with E-state index in [-0.39, 0.29) is 28.7 Å². The Morgan fingerprint density at radius 2 is 1.68 bits per heavy atom. The van der Waals surface area contributed by atoms with Crippen LogP contribution in [0.3, 0.4) is 0 Å². The molecule has 9 heteroatoms. The first-order valence-electron chi connectivity index (χ1n) is 12.4. The summed E-state index contributed by atoms with van der Waals surface area (Å²) in [5.74, 6) is -0.489. The highest BCUT2D eigenvalue weighted by Gasteiger charge is 2.36. The third kappa shape index (κ3) is 5.69. The molecule has 1 fully saturated rings. The Kier molecular flexibility index (Phi) is 7.41. The van der Waals surface area contributed by atoms with E-state index in [4.69, 9.17) is 5.73 Å². The Morgan fingerprint density at radius 1 is 1.00 bits per heavy atom. The molecule has 0 radical (unpaired) electrons. The van der Waals surface area contributed by atoms with Crippen LogP contribution in [0.2, 0.25) is 0 Å². The van der Waals surface area contributed by atoms with Crippen LogP contribution in [0, 0.1) is 12.8 Å². The molecule has 1 saturated heterocycles. The van der Waals surface area contributed by atoms with Crippen molar-refractivity contribution < 1.29 is 18.0 Å². The zero-order valence-corrected chi connectivity index (χ0v) is 22.4. The summed E-state index contributed by atoms with van der Waals surface area (Å²) in [4.78, 5) is 27.3. The first-order valence-corrected chi connectivity index (χ1v) is 13.9. The minimum absolute atomic E-state index is 0.0891. The summed E-state index contributed by atoms with van der Waals surface area (Å²) in [6.45, 7) is 8.00. The number of hydrogen-bond acceptors (Lipinski definition) is 5. The summed E-state index contributed by atoms with van der Waals surface area (Å²) in [7, 11) is -3.88. The Labute approximate surface area is 218 Å². The number of carbonyl (C=O) groups excluding carboxylic acids is 2. The predicted molar refractivity (Wildman–Crippen MR) is 146 cm³/mol. The van der Waals surface area contributed by atoms with Crippen LogP contribution in [0.1, 0.15) is 43.1 Å². The molecule has 4 N–H and O–H groups in total. The number of anilines is 1. The number of benzene rings is 3. The van der Waals surface area contributed by atoms with E-state index in [1.807, 2.05) is 26.0 Å². The van der Waals surface area contributed by atoms with Gasteiger partial charge in [0.05, 0.1) is 10.4 Å². The minimum Gasteiger partial charge on any atom is -0.341 e. The quantitative estimate of drug-likeness (QED) is 0.456. The number of nitrogens with one attached hydrogen (secondary N) is 2. The number of amides is 2. The zero-order chi connectivity index (χ0) is 27.0. The van der Waals surface area contributed by atoms with Crippen molar-refractivity contribution in [1.29, 1.82) is 0 Å². The van der Waals surface area contributed by atoms with Gasteiger partial charge in [0.1, 0.15) is 0 Å². The van der Waals surface area contributed by atoms with Crippen molar-refractivity contribution in [3.05, 3.63) is 71.8 Å². The van der Waals surface area contributed by atoms with Gasteiger partial charge in [0.2, 0.25) is 15.9 Å². The van der Waals surface area contributed by atoms with Crippen molar-refractivity contribution >= 4 is 38.3 Å². The van der Waals surface area contributed by atoms with E-state index in [9.17, 15) is 18.0 Å². The van der Waals surface area contributed by atoms with E-state index >= 15 is 0 Å². The lowest BCUT2D eigenvalue weighted by molar-refractivity contribution is -0.137. The van der Waals surface area contributed by atoms with Crippen LogP contribution >= 0.6 is 0 Å². The highest BCUT2D eigenvalue weighted by molar-refractivity contribution is 7.89. The summed E-state index contributed by atoms with van der Waals surface area (Å²) in [6, 6.07) is 17.2. The summed E-state index contributed by atoms with van der Waals surface area (Å²) >= 11 is 0. The van der Waals surface area contributed by atoms with E-state index in [0.29, 0.717) is 41.5 Å². The second-order valence-corrected chi connectivity index (χ2v) is 12.1. The van der Waals surface area contributed by atoms with E-state index in [2.05, 4.69) is 10.0 Å². The zero-order valence-electron chi connectivity index (χ0n) is 21.6. The molecular weight excluding hydrogens is 488 g/mol. The fraction of sp³-hybridized carbons (Fsp3) is 0.357. The van der Waals surface area contributed by atoms with Gasteiger partial charge in [-0.1, -0.05) is 49.4 Å². The monoisotopic (exact) mass is 522 g/mol. The molecule has 0 unspecified atom stereocenters. The van der Waals surface area contributed by atoms with Crippen molar-refractivity contribution in [2.75, 3.05) is 18.4 Å². The Hall–Kier alpha value is -3.27. The highest BCUT2D eigenvalue weighted by atomic mass is 32.2. The molecular formula is C28H34N4O4S. The number of fused-ring (bicyclic) bond motifs is 1. The standard InChI is InChI=1S/C28H34N4O4S/c1-18-9-5-6-10-20(18)26(33)30-24-13-7-12-22-21(24)11-8-14-25(22)37(35,36)31-23-15-16-32(17-19(23)2)27(34)28(3,4)29/h5-14,19,23,31H,15-17,29H2,1-4H3,(H,30,33)/t19-,23+/m0/s1. The SMILES string of the molecule is Cc1ccccc1C(=O)Nc1cccc2c(S(=O)(=O)N[C@@H]3CCN(C(=O)C(C)(C)N)C[C@@H]3C)cccc12. The molecule has 0 spiro atoms. The van der Waals surface area contributed by atoms with Gasteiger partial charge in [-0.25, -0.2) is 13.1 Å². The van der Waals surface area contributed by atoms with Crippen LogP contribution in [0.15, 0.2) is 65.6 Å². The molecule has 1 aliphatic heterocycles. The van der Waals surface area contributed by atoms with E-state index in [0.717, 1.165) is 5.56 Å². The third-order valence-corrected chi connectivity index (χ3v) is 8.41. The predicted octanol–water partition coefficient (Wildman–Crippen LogP) is 3.65. The van der Waals surface area contributed by atoms with Crippen molar-refractivity contribution in [3.63, 3.8) is 0 Å². The second kappa shape index (κ2) is 10.2. The van der Waals surface area contributed by atoms with Gasteiger partial charge >= 0.3 is 0 Å². The maximum absolute atomic E-state index is 13.5. The first kappa shape index (κ1) is 26.8. The molecule has 0 saturated carbocycles. The maximum atomic E-state index is 13.5. The molecule has 3 aromatic rings. The Morgan fingerprint density at radius 3 is 2.35 bits per heavy atom. The van der Waals surface area contributed by atoms with Crippen molar-refractivity contribution in [1.82, 2.24) is 9.62 Å². The van der Waals surface area contributed by atoms with Crippen LogP contribution in [0.4, 0.5) is 5.69 Å². The van der Waals surface area contributed by atoms with Gasteiger partial charge in [0.25, 0.3) is 5.91 Å². The lowest BCUT2D eigenvalue weighted by Crippen LogP contribution is -2.57. The number of hydrogen-bond donors (Lipinski definition) is 3. The number of nitrogens with two attached hydrogens (primary N) is 1. The maximum Gasteiger partial charge on any atom is 0.255 e. The second-order valence-electron chi connectivity index (χ2n) is 10.4. The summed E-state index contributed by atoms with van der Waals surface area (Å²) in [6.07, 6.45) is 0.491. The molecule has 37 heavy (non-hydrogen) atoms. The summed E-state index contributed by atoms with van der Waals surface area (Å²) in [5.41, 5.74) is 6.95. The highest BCUT2D eigenvalue weighted by Crippen LogP contribution is 2.30. The molecule has 2 amide bonds. The number of rotatable bonds is 6. The molecule has 1 aliphatic rings. The number of likely N-dealkylation sites (tertiary alicyclic amines) is 1. The van der Waals surface area contributed by atoms with Gasteiger partial charge in [-0.3, -0.25) is 9.59 Å². The number of piperidine rings is 1. The molecule has 0 aromatic heterocycles. The first-order chi connectivity index (χ1) is 17.4. The normalized spacial score (nSPS) is 18.6. The molecule has 0 aliphatic carbocycles. The lowest BCUT2D eigenvalue weighted by atomic mass is 9.93. The molecule has 0 bridgehead atoms. The average molecular weight is 523 g/mol. The van der Waals surface area contributed by atoms with Gasteiger partial charge in [-0.05, 0) is 56.9 Å². The number of sulfonamides is 1. The van der Waals surface area contributed by atoms with Gasteiger partial charge in [0.15, 0.2) is 0 Å². The lowest BCUT2D eigenvalue weighted by Gasteiger charge is -2.39. The van der Waals surface area contributed by atoms with Crippen LogP contribution < -0.4 is 15.8 Å². The van der Waals surface area contributed by atoms with E-state index in [1.54, 1.807) is 67.3 Å². The van der Waals surface area contributed by atoms with Crippen molar-refractivity contribution in [2.45, 2.75) is 50.6 Å². The van der Waals surface area contributed by atoms with Crippen molar-refractivity contribution in [2.24, 2.45) is 11.7 Å². The van der Waals surface area contributed by atoms with E-state index in [1.165, 1.54) is 0 Å². The molecule has 2 atom stereocenters. The van der Waals surface area contributed by atoms with Gasteiger partial charge in [0, 0.05) is 41.2 Å². The molecule has 8 nitrogen and oxygen atoms in total. The van der Waals surface area contributed by atoms with E-state index < -0.39 is 15.6 Å². The molecule has 3 aromatic carbocycles. The Bertz CT molecular complexity index is 1450. The van der Waals surface area contributed by atoms with Crippen LogP contribution in [0.5, 0.6) is 0 Å². The Balaban J connectivity index is 1.57. The molecule has 1 heterocycles. The fourth-order valence-corrected chi connectivity index (χ4v) is 6.42. The fourth-order valence-electron chi connectivity index (χ4n) is 4.82. The van der Waals surface area contributed by atoms with Gasteiger partial charge < -0.3 is 16.0 Å². The number of carbonyl (C=O) groups is 2. The minimum atomic E-state index is -3.88. The largest absolute Gasteiger partial charge is 0.341 e. The summed E-state index contributed by atoms with van der Waals surface area (Å²) in [5, 5.41) is 4.08. The number of aryl methyl sites for hydroxylation is 1. The number of nitrogens with zero attached hydrogens (tertiary/aromatic N) is 1. The van der Waals surface area contributed by atoms with Gasteiger partial charge in [-0.15, -0.1) is 0 Å². The molecule has 196 valence electrons. The smallest absolute Gasteiger partial charge is 0.255 e. The van der Waals surface area contributed by atoms with Crippen LogP contribution in [0.25, 0.3) is 10.8 Å². The average Bonchev–Trinajstić information content (AvgIpc) is 2.84.